The Balaban J connectivity index is 3.52. The minimum Gasteiger partial charge on any atom is -0.390 e. The Morgan fingerprint density at radius 3 is 2.73 bits per heavy atom. The molecular formula is C8H13F2N3O2. The van der Waals surface area contributed by atoms with E-state index in [4.69, 9.17) is 10.4 Å². The van der Waals surface area contributed by atoms with Crippen molar-refractivity contribution in [1.29, 1.82) is 5.26 Å². The summed E-state index contributed by atoms with van der Waals surface area (Å²) in [6, 6.07) is 1.82. The van der Waals surface area contributed by atoms with Crippen LogP contribution in [0.3, 0.4) is 0 Å². The molecule has 1 amide bonds. The summed E-state index contributed by atoms with van der Waals surface area (Å²) in [6.07, 6.45) is 0.179. The molecule has 0 aliphatic carbocycles. The van der Waals surface area contributed by atoms with Crippen molar-refractivity contribution in [2.45, 2.75) is 12.3 Å². The quantitative estimate of drug-likeness (QED) is 0.493. The lowest BCUT2D eigenvalue weighted by Gasteiger charge is -2.13. The number of carbonyl (C=O) groups excluding carboxylic acids is 1. The molecule has 0 aromatic heterocycles. The fourth-order valence-corrected chi connectivity index (χ4v) is 0.735. The highest BCUT2D eigenvalue weighted by molar-refractivity contribution is 5.77. The number of nitrogens with one attached hydrogen (secondary N) is 2. The predicted molar refractivity (Wildman–Crippen MR) is 48.1 cm³/mol. The Labute approximate surface area is 86.1 Å². The van der Waals surface area contributed by atoms with Crippen molar-refractivity contribution in [2.75, 3.05) is 26.2 Å². The molecule has 0 rings (SSSR count). The molecule has 0 aromatic carbocycles. The van der Waals surface area contributed by atoms with Crippen LogP contribution in [-0.4, -0.2) is 43.2 Å². The number of carbonyl (C=O) groups is 1. The van der Waals surface area contributed by atoms with Crippen LogP contribution in [0.5, 0.6) is 0 Å². The Bertz CT molecular complexity index is 241. The van der Waals surface area contributed by atoms with E-state index in [2.05, 4.69) is 10.6 Å². The monoisotopic (exact) mass is 221 g/mol. The van der Waals surface area contributed by atoms with Gasteiger partial charge >= 0.3 is 0 Å². The summed E-state index contributed by atoms with van der Waals surface area (Å²) in [5.41, 5.74) is 0. The maximum Gasteiger partial charge on any atom is 0.282 e. The lowest BCUT2D eigenvalue weighted by Crippen LogP contribution is -2.41. The number of alkyl halides is 2. The second-order valence-electron chi connectivity index (χ2n) is 2.88. The van der Waals surface area contributed by atoms with Crippen molar-refractivity contribution in [3.8, 4) is 6.07 Å². The SMILES string of the molecule is N#CCCNC(=O)CNCC(F)(F)CO. The normalized spacial score (nSPS) is 10.8. The van der Waals surface area contributed by atoms with Gasteiger partial charge in [0.25, 0.3) is 5.92 Å². The number of nitriles is 1. The van der Waals surface area contributed by atoms with Gasteiger partial charge in [0.15, 0.2) is 0 Å². The second kappa shape index (κ2) is 7.09. The number of rotatable bonds is 7. The van der Waals surface area contributed by atoms with E-state index in [0.29, 0.717) is 0 Å². The summed E-state index contributed by atoms with van der Waals surface area (Å²) in [4.78, 5) is 10.9. The van der Waals surface area contributed by atoms with E-state index in [1.807, 2.05) is 6.07 Å². The minimum absolute atomic E-state index is 0.179. The third kappa shape index (κ3) is 7.78. The van der Waals surface area contributed by atoms with Gasteiger partial charge in [0.2, 0.25) is 5.91 Å². The van der Waals surface area contributed by atoms with Crippen molar-refractivity contribution in [3.05, 3.63) is 0 Å². The predicted octanol–water partition coefficient (Wildman–Crippen LogP) is -0.767. The molecule has 0 saturated heterocycles. The third-order valence-electron chi connectivity index (χ3n) is 1.46. The molecule has 7 heteroatoms. The molecule has 0 aliphatic rings. The number of aliphatic hydroxyl groups is 1. The average molecular weight is 221 g/mol. The van der Waals surface area contributed by atoms with Gasteiger partial charge in [-0.3, -0.25) is 4.79 Å². The summed E-state index contributed by atoms with van der Waals surface area (Å²) in [7, 11) is 0. The highest BCUT2D eigenvalue weighted by atomic mass is 19.3. The first kappa shape index (κ1) is 13.7. The molecule has 0 fully saturated rings. The first-order chi connectivity index (χ1) is 7.02. The van der Waals surface area contributed by atoms with E-state index in [0.717, 1.165) is 0 Å². The topological polar surface area (TPSA) is 85.2 Å². The Kier molecular flexibility index (Phi) is 6.49. The van der Waals surface area contributed by atoms with Crippen LogP contribution in [0.2, 0.25) is 0 Å². The highest BCUT2D eigenvalue weighted by Gasteiger charge is 2.26. The zero-order valence-corrected chi connectivity index (χ0v) is 8.09. The van der Waals surface area contributed by atoms with E-state index in [1.54, 1.807) is 0 Å². The molecule has 0 unspecified atom stereocenters. The highest BCUT2D eigenvalue weighted by Crippen LogP contribution is 2.09. The summed E-state index contributed by atoms with van der Waals surface area (Å²) < 4.78 is 24.8. The number of hydrogen-bond acceptors (Lipinski definition) is 4. The van der Waals surface area contributed by atoms with Gasteiger partial charge in [0, 0.05) is 6.54 Å². The van der Waals surface area contributed by atoms with Crippen LogP contribution >= 0.6 is 0 Å². The summed E-state index contributed by atoms with van der Waals surface area (Å²) in [5, 5.41) is 20.9. The number of amides is 1. The van der Waals surface area contributed by atoms with Crippen LogP contribution < -0.4 is 10.6 Å². The molecule has 5 nitrogen and oxygen atoms in total. The van der Waals surface area contributed by atoms with E-state index in [-0.39, 0.29) is 19.5 Å². The summed E-state index contributed by atoms with van der Waals surface area (Å²) in [5.74, 6) is -3.67. The smallest absolute Gasteiger partial charge is 0.282 e. The van der Waals surface area contributed by atoms with Gasteiger partial charge in [-0.05, 0) is 0 Å². The second-order valence-corrected chi connectivity index (χ2v) is 2.88. The van der Waals surface area contributed by atoms with Gasteiger partial charge in [-0.1, -0.05) is 0 Å². The largest absolute Gasteiger partial charge is 0.390 e. The fourth-order valence-electron chi connectivity index (χ4n) is 0.735. The fraction of sp³-hybridized carbons (Fsp3) is 0.750. The number of nitrogens with zero attached hydrogens (tertiary/aromatic N) is 1. The molecule has 0 bridgehead atoms. The first-order valence-electron chi connectivity index (χ1n) is 4.35. The van der Waals surface area contributed by atoms with Gasteiger partial charge in [-0.15, -0.1) is 0 Å². The van der Waals surface area contributed by atoms with Crippen molar-refractivity contribution in [3.63, 3.8) is 0 Å². The minimum atomic E-state index is -3.22. The Hall–Kier alpha value is -1.26. The maximum atomic E-state index is 12.4. The maximum absolute atomic E-state index is 12.4. The van der Waals surface area contributed by atoms with Gasteiger partial charge < -0.3 is 15.7 Å². The van der Waals surface area contributed by atoms with Crippen LogP contribution in [0, 0.1) is 11.3 Å². The molecule has 86 valence electrons. The molecule has 0 atom stereocenters. The lowest BCUT2D eigenvalue weighted by molar-refractivity contribution is -0.120. The molecular weight excluding hydrogens is 208 g/mol. The zero-order valence-electron chi connectivity index (χ0n) is 8.09. The number of halogens is 2. The first-order valence-corrected chi connectivity index (χ1v) is 4.35. The van der Waals surface area contributed by atoms with Crippen LogP contribution in [0.15, 0.2) is 0 Å². The van der Waals surface area contributed by atoms with Gasteiger partial charge in [-0.2, -0.15) is 5.26 Å². The molecule has 0 radical (unpaired) electrons. The standard InChI is InChI=1S/C8H13F2N3O2/c9-8(10,6-14)5-12-4-7(15)13-3-1-2-11/h12,14H,1,3-6H2,(H,13,15). The van der Waals surface area contributed by atoms with E-state index in [1.165, 1.54) is 0 Å². The molecule has 0 aromatic rings. The molecule has 0 saturated carbocycles. The molecule has 0 aliphatic heterocycles. The van der Waals surface area contributed by atoms with Crippen LogP contribution in [0.4, 0.5) is 8.78 Å². The van der Waals surface area contributed by atoms with E-state index >= 15 is 0 Å². The molecule has 15 heavy (non-hydrogen) atoms. The number of aliphatic hydroxyl groups excluding tert-OH is 1. The van der Waals surface area contributed by atoms with Crippen molar-refractivity contribution in [1.82, 2.24) is 10.6 Å². The molecule has 0 heterocycles. The van der Waals surface area contributed by atoms with Gasteiger partial charge in [0.1, 0.15) is 6.61 Å². The molecule has 3 N–H and O–H groups in total. The lowest BCUT2D eigenvalue weighted by atomic mass is 10.3. The van der Waals surface area contributed by atoms with Crippen LogP contribution in [0.1, 0.15) is 6.42 Å². The summed E-state index contributed by atoms with van der Waals surface area (Å²) in [6.45, 7) is -2.07. The van der Waals surface area contributed by atoms with Crippen molar-refractivity contribution >= 4 is 5.91 Å². The third-order valence-corrected chi connectivity index (χ3v) is 1.46. The van der Waals surface area contributed by atoms with Crippen LogP contribution in [-0.2, 0) is 4.79 Å². The summed E-state index contributed by atoms with van der Waals surface area (Å²) >= 11 is 0. The van der Waals surface area contributed by atoms with Crippen molar-refractivity contribution < 1.29 is 18.7 Å². The van der Waals surface area contributed by atoms with E-state index in [9.17, 15) is 13.6 Å². The molecule has 0 spiro atoms. The Morgan fingerprint density at radius 1 is 1.53 bits per heavy atom. The Morgan fingerprint density at radius 2 is 2.20 bits per heavy atom. The van der Waals surface area contributed by atoms with Crippen molar-refractivity contribution in [2.24, 2.45) is 0 Å². The average Bonchev–Trinajstić information content (AvgIpc) is 2.18. The van der Waals surface area contributed by atoms with Gasteiger partial charge in [-0.25, -0.2) is 8.78 Å². The van der Waals surface area contributed by atoms with Gasteiger partial charge in [0.05, 0.1) is 25.6 Å². The van der Waals surface area contributed by atoms with E-state index < -0.39 is 25.0 Å². The zero-order chi connectivity index (χ0) is 11.7. The number of hydrogen-bond donors (Lipinski definition) is 3. The van der Waals surface area contributed by atoms with Crippen LogP contribution in [0.25, 0.3) is 0 Å².